The predicted octanol–water partition coefficient (Wildman–Crippen LogP) is 3.57. The minimum absolute atomic E-state index is 0.0950. The number of carbonyl (C=O) groups excluding carboxylic acids is 3. The summed E-state index contributed by atoms with van der Waals surface area (Å²) in [4.78, 5) is 42.2. The van der Waals surface area contributed by atoms with Crippen molar-refractivity contribution in [2.24, 2.45) is 5.41 Å². The van der Waals surface area contributed by atoms with Crippen LogP contribution in [0.25, 0.3) is 0 Å². The summed E-state index contributed by atoms with van der Waals surface area (Å²) < 4.78 is 16.4. The lowest BCUT2D eigenvalue weighted by Gasteiger charge is -2.27. The molecule has 0 aliphatic heterocycles. The molecule has 1 aromatic heterocycles. The van der Waals surface area contributed by atoms with Crippen molar-refractivity contribution >= 4 is 17.8 Å². The lowest BCUT2D eigenvalue weighted by Crippen LogP contribution is -2.42. The molecule has 2 atom stereocenters. The third-order valence-corrected chi connectivity index (χ3v) is 5.77. The Hall–Kier alpha value is -3.42. The Balaban J connectivity index is 1.69. The summed E-state index contributed by atoms with van der Waals surface area (Å²) in [6.45, 7) is 8.68. The largest absolute Gasteiger partial charge is 0.493 e. The van der Waals surface area contributed by atoms with Gasteiger partial charge in [0.15, 0.2) is 11.4 Å². The number of fused-ring (bicyclic) bond motifs is 1. The van der Waals surface area contributed by atoms with Crippen LogP contribution in [0.2, 0.25) is 0 Å². The summed E-state index contributed by atoms with van der Waals surface area (Å²) >= 11 is 0. The average Bonchev–Trinajstić information content (AvgIpc) is 2.78. The van der Waals surface area contributed by atoms with Gasteiger partial charge in [-0.05, 0) is 64.2 Å². The Bertz CT molecular complexity index is 1090. The van der Waals surface area contributed by atoms with Gasteiger partial charge in [0.25, 0.3) is 5.91 Å². The maximum atomic E-state index is 13.0. The van der Waals surface area contributed by atoms with E-state index in [1.807, 2.05) is 6.07 Å². The van der Waals surface area contributed by atoms with E-state index < -0.39 is 29.3 Å². The fraction of sp³-hybridized carbons (Fsp3) is 0.462. The monoisotopic (exact) mass is 468 g/mol. The molecule has 182 valence electrons. The summed E-state index contributed by atoms with van der Waals surface area (Å²) in [5.41, 5.74) is 2.73. The minimum Gasteiger partial charge on any atom is -0.493 e. The van der Waals surface area contributed by atoms with Crippen LogP contribution in [-0.2, 0) is 27.2 Å². The predicted molar refractivity (Wildman–Crippen MR) is 126 cm³/mol. The first-order valence-electron chi connectivity index (χ1n) is 11.3. The number of amides is 1. The van der Waals surface area contributed by atoms with Crippen molar-refractivity contribution in [1.82, 2.24) is 10.3 Å². The van der Waals surface area contributed by atoms with E-state index in [0.29, 0.717) is 6.42 Å². The van der Waals surface area contributed by atoms with E-state index in [1.165, 1.54) is 36.1 Å². The molecule has 1 heterocycles. The molecule has 3 rings (SSSR count). The fourth-order valence-corrected chi connectivity index (χ4v) is 3.72. The first-order chi connectivity index (χ1) is 16.0. The van der Waals surface area contributed by atoms with Gasteiger partial charge < -0.3 is 19.5 Å². The third kappa shape index (κ3) is 5.73. The highest BCUT2D eigenvalue weighted by Crippen LogP contribution is 2.32. The number of rotatable bonds is 6. The lowest BCUT2D eigenvalue weighted by molar-refractivity contribution is -0.151. The highest BCUT2D eigenvalue weighted by molar-refractivity contribution is 5.98. The zero-order valence-corrected chi connectivity index (χ0v) is 20.6. The minimum atomic E-state index is -0.926. The Morgan fingerprint density at radius 3 is 2.59 bits per heavy atom. The molecular weight excluding hydrogens is 436 g/mol. The van der Waals surface area contributed by atoms with Crippen molar-refractivity contribution in [3.05, 3.63) is 52.8 Å². The van der Waals surface area contributed by atoms with Crippen molar-refractivity contribution < 1.29 is 28.6 Å². The van der Waals surface area contributed by atoms with Crippen molar-refractivity contribution in [1.29, 1.82) is 0 Å². The number of esters is 2. The summed E-state index contributed by atoms with van der Waals surface area (Å²) in [7, 11) is 1.40. The van der Waals surface area contributed by atoms with Gasteiger partial charge in [0.1, 0.15) is 12.1 Å². The molecule has 2 aromatic rings. The number of carbonyl (C=O) groups is 3. The van der Waals surface area contributed by atoms with E-state index in [1.54, 1.807) is 27.7 Å². The first kappa shape index (κ1) is 25.2. The summed E-state index contributed by atoms with van der Waals surface area (Å²) in [6, 6.07) is 6.76. The van der Waals surface area contributed by atoms with E-state index in [9.17, 15) is 14.4 Å². The second kappa shape index (κ2) is 10.2. The van der Waals surface area contributed by atoms with E-state index >= 15 is 0 Å². The number of methoxy groups -OCH3 is 1. The molecule has 0 saturated heterocycles. The van der Waals surface area contributed by atoms with Gasteiger partial charge in [0, 0.05) is 18.7 Å². The molecule has 1 N–H and O–H groups in total. The average molecular weight is 469 g/mol. The molecule has 0 fully saturated rings. The summed E-state index contributed by atoms with van der Waals surface area (Å²) in [5.74, 6) is -1.67. The zero-order valence-electron chi connectivity index (χ0n) is 20.6. The lowest BCUT2D eigenvalue weighted by atomic mass is 9.87. The molecule has 1 amide bonds. The first-order valence-corrected chi connectivity index (χ1v) is 11.3. The molecule has 1 aliphatic carbocycles. The van der Waals surface area contributed by atoms with Crippen molar-refractivity contribution in [3.8, 4) is 11.5 Å². The number of benzene rings is 1. The van der Waals surface area contributed by atoms with Crippen LogP contribution in [0.4, 0.5) is 0 Å². The number of hydrogen-bond donors (Lipinski definition) is 1. The molecular formula is C26H32N2O6. The second-order valence-electron chi connectivity index (χ2n) is 9.54. The quantitative estimate of drug-likeness (QED) is 0.647. The molecule has 0 spiro atoms. The van der Waals surface area contributed by atoms with E-state index in [2.05, 4.69) is 29.4 Å². The highest BCUT2D eigenvalue weighted by Gasteiger charge is 2.30. The van der Waals surface area contributed by atoms with Crippen LogP contribution >= 0.6 is 0 Å². The van der Waals surface area contributed by atoms with Gasteiger partial charge >= 0.3 is 11.9 Å². The Morgan fingerprint density at radius 1 is 1.18 bits per heavy atom. The molecule has 0 saturated carbocycles. The van der Waals surface area contributed by atoms with Crippen molar-refractivity contribution in [3.63, 3.8) is 0 Å². The number of nitrogens with zero attached hydrogens (tertiary/aromatic N) is 1. The molecule has 8 nitrogen and oxygen atoms in total. The number of aromatic nitrogens is 1. The molecule has 8 heteroatoms. The number of pyridine rings is 1. The Labute approximate surface area is 200 Å². The van der Waals surface area contributed by atoms with Crippen LogP contribution < -0.4 is 14.8 Å². The summed E-state index contributed by atoms with van der Waals surface area (Å²) in [6.07, 6.45) is 3.34. The fourth-order valence-electron chi connectivity index (χ4n) is 3.72. The van der Waals surface area contributed by atoms with Crippen LogP contribution in [0.1, 0.15) is 61.3 Å². The smallest absolute Gasteiger partial charge is 0.328 e. The van der Waals surface area contributed by atoms with Crippen LogP contribution in [-0.4, -0.2) is 42.1 Å². The van der Waals surface area contributed by atoms with Gasteiger partial charge in [-0.25, -0.2) is 9.78 Å². The molecule has 1 unspecified atom stereocenters. The molecule has 0 bridgehead atoms. The van der Waals surface area contributed by atoms with Crippen molar-refractivity contribution in [2.75, 3.05) is 7.11 Å². The Morgan fingerprint density at radius 2 is 1.91 bits per heavy atom. The van der Waals surface area contributed by atoms with Crippen LogP contribution in [0, 0.1) is 12.3 Å². The van der Waals surface area contributed by atoms with Gasteiger partial charge in [-0.15, -0.1) is 0 Å². The van der Waals surface area contributed by atoms with Crippen molar-refractivity contribution in [2.45, 2.75) is 66.0 Å². The Kier molecular flexibility index (Phi) is 7.59. The maximum Gasteiger partial charge on any atom is 0.328 e. The summed E-state index contributed by atoms with van der Waals surface area (Å²) in [5, 5.41) is 2.60. The SMILES string of the molecule is COc1ccnc(C(=O)N[C@@H](C)C(=O)OC2CCc3cccc(C)c3C2)c1OC(=O)C(C)(C)C. The normalized spacial score (nSPS) is 16.1. The zero-order chi connectivity index (χ0) is 25.0. The van der Waals surface area contributed by atoms with Gasteiger partial charge in [0.05, 0.1) is 12.5 Å². The van der Waals surface area contributed by atoms with E-state index in [0.717, 1.165) is 12.8 Å². The number of aryl methyl sites for hydroxylation is 2. The third-order valence-electron chi connectivity index (χ3n) is 5.77. The molecule has 1 aromatic carbocycles. The van der Waals surface area contributed by atoms with Gasteiger partial charge in [0.2, 0.25) is 5.75 Å². The molecule has 1 aliphatic rings. The van der Waals surface area contributed by atoms with E-state index in [-0.39, 0.29) is 23.3 Å². The maximum absolute atomic E-state index is 13.0. The van der Waals surface area contributed by atoms with Gasteiger partial charge in [-0.2, -0.15) is 0 Å². The highest BCUT2D eigenvalue weighted by atomic mass is 16.6. The standard InChI is InChI=1S/C26H32N2O6/c1-15-8-7-9-17-10-11-18(14-19(15)17)33-24(30)16(2)28-23(29)21-22(20(32-6)12-13-27-21)34-25(31)26(3,4)5/h7-9,12-13,16,18H,10-11,14H2,1-6H3,(H,28,29)/t16-,18?/m0/s1. The number of hydrogen-bond acceptors (Lipinski definition) is 7. The van der Waals surface area contributed by atoms with E-state index in [4.69, 9.17) is 14.2 Å². The van der Waals surface area contributed by atoms with Crippen LogP contribution in [0.3, 0.4) is 0 Å². The molecule has 0 radical (unpaired) electrons. The molecule has 34 heavy (non-hydrogen) atoms. The number of nitrogens with one attached hydrogen (secondary N) is 1. The van der Waals surface area contributed by atoms with Gasteiger partial charge in [-0.3, -0.25) is 9.59 Å². The topological polar surface area (TPSA) is 104 Å². The van der Waals surface area contributed by atoms with Gasteiger partial charge in [-0.1, -0.05) is 18.2 Å². The number of ether oxygens (including phenoxy) is 3. The van der Waals surface area contributed by atoms with Crippen LogP contribution in [0.5, 0.6) is 11.5 Å². The van der Waals surface area contributed by atoms with Crippen LogP contribution in [0.15, 0.2) is 30.5 Å². The second-order valence-corrected chi connectivity index (χ2v) is 9.54.